The van der Waals surface area contributed by atoms with Gasteiger partial charge in [0.1, 0.15) is 0 Å². The zero-order valence-corrected chi connectivity index (χ0v) is 7.29. The van der Waals surface area contributed by atoms with Gasteiger partial charge in [0.05, 0.1) is 6.42 Å². The third-order valence-electron chi connectivity index (χ3n) is 1.27. The van der Waals surface area contributed by atoms with E-state index in [0.717, 1.165) is 11.1 Å². The minimum absolute atomic E-state index is 0.0418. The first-order valence-corrected chi connectivity index (χ1v) is 3.59. The van der Waals surface area contributed by atoms with Crippen molar-refractivity contribution in [3.8, 4) is 12.3 Å². The van der Waals surface area contributed by atoms with Gasteiger partial charge >= 0.3 is 5.97 Å². The second kappa shape index (κ2) is 5.20. The van der Waals surface area contributed by atoms with Crippen molar-refractivity contribution in [3.63, 3.8) is 0 Å². The van der Waals surface area contributed by atoms with Crippen LogP contribution in [0.15, 0.2) is 23.3 Å². The molecule has 0 aromatic heterocycles. The molecule has 0 aliphatic rings. The van der Waals surface area contributed by atoms with Crippen molar-refractivity contribution in [2.45, 2.75) is 20.3 Å². The maximum Gasteiger partial charge on any atom is 0.307 e. The van der Waals surface area contributed by atoms with Crippen LogP contribution in [0, 0.1) is 12.3 Å². The number of carboxylic acids is 1. The maximum absolute atomic E-state index is 10.2. The van der Waals surface area contributed by atoms with E-state index in [9.17, 15) is 4.79 Å². The molecule has 0 unspecified atom stereocenters. The summed E-state index contributed by atoms with van der Waals surface area (Å²) in [6.45, 7) is 3.63. The molecular weight excluding hydrogens is 152 g/mol. The lowest BCUT2D eigenvalue weighted by Gasteiger charge is -1.91. The van der Waals surface area contributed by atoms with Crippen molar-refractivity contribution in [1.82, 2.24) is 0 Å². The van der Waals surface area contributed by atoms with E-state index in [1.54, 1.807) is 19.1 Å². The number of hydrogen-bond acceptors (Lipinski definition) is 1. The van der Waals surface area contributed by atoms with Gasteiger partial charge in [0.2, 0.25) is 0 Å². The molecular formula is C10H12O2. The molecule has 0 atom stereocenters. The van der Waals surface area contributed by atoms with E-state index in [1.807, 2.05) is 6.92 Å². The summed E-state index contributed by atoms with van der Waals surface area (Å²) in [6.07, 6.45) is 8.57. The quantitative estimate of drug-likeness (QED) is 0.511. The summed E-state index contributed by atoms with van der Waals surface area (Å²) in [7, 11) is 0. The van der Waals surface area contributed by atoms with Crippen LogP contribution in [0.1, 0.15) is 20.3 Å². The van der Waals surface area contributed by atoms with E-state index >= 15 is 0 Å². The molecule has 0 saturated heterocycles. The molecule has 0 aliphatic heterocycles. The Morgan fingerprint density at radius 3 is 2.58 bits per heavy atom. The van der Waals surface area contributed by atoms with Crippen LogP contribution >= 0.6 is 0 Å². The lowest BCUT2D eigenvalue weighted by molar-refractivity contribution is -0.136. The van der Waals surface area contributed by atoms with Gasteiger partial charge in [-0.25, -0.2) is 0 Å². The smallest absolute Gasteiger partial charge is 0.307 e. The van der Waals surface area contributed by atoms with Crippen molar-refractivity contribution in [1.29, 1.82) is 0 Å². The number of hydrogen-bond donors (Lipinski definition) is 1. The van der Waals surface area contributed by atoms with E-state index < -0.39 is 5.97 Å². The Balaban J connectivity index is 4.22. The molecule has 0 aliphatic carbocycles. The van der Waals surface area contributed by atoms with Crippen molar-refractivity contribution in [2.75, 3.05) is 0 Å². The van der Waals surface area contributed by atoms with Crippen molar-refractivity contribution >= 4 is 5.97 Å². The number of aliphatic carboxylic acids is 1. The fourth-order valence-corrected chi connectivity index (χ4v) is 0.690. The average Bonchev–Trinajstić information content (AvgIpc) is 2.00. The summed E-state index contributed by atoms with van der Waals surface area (Å²) < 4.78 is 0. The molecule has 1 N–H and O–H groups in total. The predicted octanol–water partition coefficient (Wildman–Crippen LogP) is 1.99. The highest BCUT2D eigenvalue weighted by molar-refractivity contribution is 5.68. The van der Waals surface area contributed by atoms with Crippen molar-refractivity contribution < 1.29 is 9.90 Å². The first-order valence-electron chi connectivity index (χ1n) is 3.59. The Bertz CT molecular complexity index is 264. The second-order valence-electron chi connectivity index (χ2n) is 2.52. The monoisotopic (exact) mass is 164 g/mol. The van der Waals surface area contributed by atoms with Crippen LogP contribution in [0.4, 0.5) is 0 Å². The van der Waals surface area contributed by atoms with Gasteiger partial charge < -0.3 is 5.11 Å². The Labute approximate surface area is 72.6 Å². The molecule has 0 saturated carbocycles. The van der Waals surface area contributed by atoms with Crippen LogP contribution in [0.5, 0.6) is 0 Å². The fourth-order valence-electron chi connectivity index (χ4n) is 0.690. The van der Waals surface area contributed by atoms with Gasteiger partial charge in [-0.3, -0.25) is 4.79 Å². The molecule has 0 rings (SSSR count). The van der Waals surface area contributed by atoms with Gasteiger partial charge in [0.25, 0.3) is 0 Å². The van der Waals surface area contributed by atoms with Gasteiger partial charge in [0.15, 0.2) is 0 Å². The SMILES string of the molecule is C#C/C(C)=C\C(C)=C/CC(=O)O. The number of allylic oxidation sites excluding steroid dienone is 3. The summed E-state index contributed by atoms with van der Waals surface area (Å²) in [5.74, 6) is 1.62. The van der Waals surface area contributed by atoms with E-state index in [0.29, 0.717) is 0 Å². The largest absolute Gasteiger partial charge is 0.481 e. The standard InChI is InChI=1S/C10H12O2/c1-4-8(2)7-9(3)5-6-10(11)12/h1,5,7H,6H2,2-3H3,(H,11,12)/b8-7-,9-5-. The summed E-state index contributed by atoms with van der Waals surface area (Å²) in [4.78, 5) is 10.2. The van der Waals surface area contributed by atoms with Crippen LogP contribution in [0.25, 0.3) is 0 Å². The molecule has 12 heavy (non-hydrogen) atoms. The van der Waals surface area contributed by atoms with Crippen molar-refractivity contribution in [2.24, 2.45) is 0 Å². The highest BCUT2D eigenvalue weighted by Crippen LogP contribution is 2.01. The fraction of sp³-hybridized carbons (Fsp3) is 0.300. The number of rotatable bonds is 3. The molecule has 0 radical (unpaired) electrons. The molecule has 2 nitrogen and oxygen atoms in total. The predicted molar refractivity (Wildman–Crippen MR) is 48.6 cm³/mol. The minimum atomic E-state index is -0.832. The number of carbonyl (C=O) groups is 1. The highest BCUT2D eigenvalue weighted by atomic mass is 16.4. The van der Waals surface area contributed by atoms with Gasteiger partial charge in [-0.1, -0.05) is 17.6 Å². The topological polar surface area (TPSA) is 37.3 Å². The van der Waals surface area contributed by atoms with Gasteiger partial charge in [-0.05, 0) is 25.5 Å². The van der Waals surface area contributed by atoms with Crippen molar-refractivity contribution in [3.05, 3.63) is 23.3 Å². The molecule has 0 heterocycles. The van der Waals surface area contributed by atoms with Gasteiger partial charge in [0, 0.05) is 0 Å². The Morgan fingerprint density at radius 1 is 1.58 bits per heavy atom. The molecule has 2 heteroatoms. The van der Waals surface area contributed by atoms with E-state index in [-0.39, 0.29) is 6.42 Å². The van der Waals surface area contributed by atoms with Crippen LogP contribution < -0.4 is 0 Å². The first kappa shape index (κ1) is 10.5. The first-order chi connectivity index (χ1) is 5.56. The van der Waals surface area contributed by atoms with E-state index in [2.05, 4.69) is 5.92 Å². The lowest BCUT2D eigenvalue weighted by Crippen LogP contribution is -1.90. The normalized spacial score (nSPS) is 12.4. The van der Waals surface area contributed by atoms with Gasteiger partial charge in [-0.15, -0.1) is 6.42 Å². The highest BCUT2D eigenvalue weighted by Gasteiger charge is 1.91. The summed E-state index contributed by atoms with van der Waals surface area (Å²) >= 11 is 0. The lowest BCUT2D eigenvalue weighted by atomic mass is 10.2. The molecule has 0 aromatic carbocycles. The van der Waals surface area contributed by atoms with Crippen LogP contribution in [0.3, 0.4) is 0 Å². The Morgan fingerprint density at radius 2 is 2.17 bits per heavy atom. The summed E-state index contributed by atoms with van der Waals surface area (Å²) in [5.41, 5.74) is 1.68. The number of terminal acetylenes is 1. The molecule has 0 aromatic rings. The Kier molecular flexibility index (Phi) is 4.55. The van der Waals surface area contributed by atoms with Crippen LogP contribution in [0.2, 0.25) is 0 Å². The average molecular weight is 164 g/mol. The molecule has 0 bridgehead atoms. The van der Waals surface area contributed by atoms with Crippen LogP contribution in [-0.2, 0) is 4.79 Å². The Hall–Kier alpha value is -1.49. The van der Waals surface area contributed by atoms with E-state index in [1.165, 1.54) is 0 Å². The summed E-state index contributed by atoms with van der Waals surface area (Å²) in [5, 5.41) is 8.35. The molecule has 0 fully saturated rings. The summed E-state index contributed by atoms with van der Waals surface area (Å²) in [6, 6.07) is 0. The zero-order chi connectivity index (χ0) is 9.56. The third kappa shape index (κ3) is 5.31. The molecule has 64 valence electrons. The number of carboxylic acid groups (broad SMARTS) is 1. The minimum Gasteiger partial charge on any atom is -0.481 e. The van der Waals surface area contributed by atoms with E-state index in [4.69, 9.17) is 11.5 Å². The third-order valence-corrected chi connectivity index (χ3v) is 1.27. The van der Waals surface area contributed by atoms with Gasteiger partial charge in [-0.2, -0.15) is 0 Å². The van der Waals surface area contributed by atoms with Crippen LogP contribution in [-0.4, -0.2) is 11.1 Å². The maximum atomic E-state index is 10.2. The molecule has 0 amide bonds. The molecule has 0 spiro atoms. The second-order valence-corrected chi connectivity index (χ2v) is 2.52. The zero-order valence-electron chi connectivity index (χ0n) is 7.29.